The van der Waals surface area contributed by atoms with Gasteiger partial charge in [0.05, 0.1) is 25.9 Å². The quantitative estimate of drug-likeness (QED) is 0.358. The lowest BCUT2D eigenvalue weighted by Gasteiger charge is -2.29. The van der Waals surface area contributed by atoms with Crippen LogP contribution in [0.3, 0.4) is 0 Å². The molecule has 40 heavy (non-hydrogen) atoms. The number of benzene rings is 2. The predicted molar refractivity (Wildman–Crippen MR) is 140 cm³/mol. The number of ether oxygens (including phenoxy) is 4. The SMILES string of the molecule is COC(=O)OCOc1c(C(=O)N2CCOCC2=Nc2cc(F)c(F)c3c2Cc2ccccc2SC3)[nH]ccc1=O. The van der Waals surface area contributed by atoms with E-state index < -0.39 is 35.9 Å². The van der Waals surface area contributed by atoms with E-state index in [9.17, 15) is 23.2 Å². The lowest BCUT2D eigenvalue weighted by Crippen LogP contribution is -2.46. The maximum atomic E-state index is 14.9. The third-order valence-corrected chi connectivity index (χ3v) is 7.44. The molecule has 1 saturated heterocycles. The molecule has 0 saturated carbocycles. The number of fused-ring (bicyclic) bond motifs is 2. The Bertz CT molecular complexity index is 1560. The Hall–Kier alpha value is -4.23. The van der Waals surface area contributed by atoms with Crippen molar-refractivity contribution < 1.29 is 37.3 Å². The molecule has 2 aromatic carbocycles. The molecular weight excluding hydrogens is 548 g/mol. The second-order valence-corrected chi connectivity index (χ2v) is 9.68. The topological polar surface area (TPSA) is 120 Å². The van der Waals surface area contributed by atoms with E-state index in [4.69, 9.17) is 9.47 Å². The Kier molecular flexibility index (Phi) is 8.12. The molecule has 0 bridgehead atoms. The summed E-state index contributed by atoms with van der Waals surface area (Å²) in [5.41, 5.74) is 0.996. The van der Waals surface area contributed by atoms with Gasteiger partial charge in [0, 0.05) is 41.0 Å². The van der Waals surface area contributed by atoms with Crippen molar-refractivity contribution in [2.45, 2.75) is 17.1 Å². The largest absolute Gasteiger partial charge is 0.510 e. The van der Waals surface area contributed by atoms with Crippen molar-refractivity contribution >= 4 is 35.3 Å². The first-order chi connectivity index (χ1) is 19.4. The average molecular weight is 572 g/mol. The average Bonchev–Trinajstić information content (AvgIpc) is 3.16. The Morgan fingerprint density at radius 1 is 1.20 bits per heavy atom. The van der Waals surface area contributed by atoms with Gasteiger partial charge in [-0.2, -0.15) is 0 Å². The van der Waals surface area contributed by atoms with Gasteiger partial charge in [0.1, 0.15) is 12.4 Å². The number of aromatic amines is 1. The summed E-state index contributed by atoms with van der Waals surface area (Å²) < 4.78 is 49.5. The monoisotopic (exact) mass is 571 g/mol. The number of carbonyl (C=O) groups is 2. The van der Waals surface area contributed by atoms with Gasteiger partial charge in [0.25, 0.3) is 5.91 Å². The Morgan fingerprint density at radius 3 is 2.85 bits per heavy atom. The van der Waals surface area contributed by atoms with Gasteiger partial charge >= 0.3 is 6.16 Å². The fourth-order valence-electron chi connectivity index (χ4n) is 4.35. The number of H-pyrrole nitrogens is 1. The number of morpholine rings is 1. The highest BCUT2D eigenvalue weighted by atomic mass is 32.2. The molecule has 13 heteroatoms. The van der Waals surface area contributed by atoms with Gasteiger partial charge in [-0.15, -0.1) is 11.8 Å². The van der Waals surface area contributed by atoms with Crippen LogP contribution < -0.4 is 10.2 Å². The van der Waals surface area contributed by atoms with Crippen molar-refractivity contribution in [2.24, 2.45) is 4.99 Å². The summed E-state index contributed by atoms with van der Waals surface area (Å²) >= 11 is 1.41. The zero-order valence-electron chi connectivity index (χ0n) is 21.2. The fourth-order valence-corrected chi connectivity index (χ4v) is 5.46. The van der Waals surface area contributed by atoms with Crippen LogP contribution in [0.4, 0.5) is 19.3 Å². The Morgan fingerprint density at radius 2 is 2.02 bits per heavy atom. The molecule has 0 unspecified atom stereocenters. The van der Waals surface area contributed by atoms with Crippen LogP contribution in [0, 0.1) is 11.6 Å². The molecule has 3 heterocycles. The highest BCUT2D eigenvalue weighted by Crippen LogP contribution is 2.39. The van der Waals surface area contributed by atoms with E-state index in [0.29, 0.717) is 12.0 Å². The standard InChI is InChI=1S/C27H23F2N3O7S/c1-36-27(35)39-14-38-25-20(33)6-7-30-24(25)26(34)32-8-9-37-12-22(32)31-19-11-18(28)23(29)17-13-40-21-5-3-2-4-15(21)10-16(17)19/h2-7,11H,8-10,12-14H2,1H3,(H,30,33). The number of amidine groups is 1. The van der Waals surface area contributed by atoms with Crippen molar-refractivity contribution in [1.29, 1.82) is 0 Å². The summed E-state index contributed by atoms with van der Waals surface area (Å²) in [6, 6.07) is 9.77. The number of carbonyl (C=O) groups excluding carboxylic acids is 2. The second-order valence-electron chi connectivity index (χ2n) is 8.67. The van der Waals surface area contributed by atoms with E-state index >= 15 is 0 Å². The van der Waals surface area contributed by atoms with Crippen LogP contribution in [0.1, 0.15) is 27.2 Å². The van der Waals surface area contributed by atoms with Crippen molar-refractivity contribution in [1.82, 2.24) is 9.88 Å². The van der Waals surface area contributed by atoms with E-state index in [2.05, 4.69) is 19.5 Å². The maximum Gasteiger partial charge on any atom is 0.510 e. The van der Waals surface area contributed by atoms with E-state index in [-0.39, 0.29) is 54.0 Å². The third kappa shape index (κ3) is 5.56. The minimum atomic E-state index is -1.05. The molecule has 0 aliphatic carbocycles. The van der Waals surface area contributed by atoms with Gasteiger partial charge in [0.2, 0.25) is 12.2 Å². The number of pyridine rings is 1. The Balaban J connectivity index is 1.51. The highest BCUT2D eigenvalue weighted by Gasteiger charge is 2.30. The van der Waals surface area contributed by atoms with Crippen molar-refractivity contribution in [3.8, 4) is 5.75 Å². The first-order valence-electron chi connectivity index (χ1n) is 12.1. The van der Waals surface area contributed by atoms with Gasteiger partial charge < -0.3 is 23.9 Å². The van der Waals surface area contributed by atoms with Crippen molar-refractivity contribution in [3.63, 3.8) is 0 Å². The number of hydrogen-bond donors (Lipinski definition) is 1. The molecule has 2 aliphatic heterocycles. The molecule has 1 amide bonds. The number of amides is 1. The van der Waals surface area contributed by atoms with Gasteiger partial charge in [-0.05, 0) is 17.2 Å². The first kappa shape index (κ1) is 27.3. The van der Waals surface area contributed by atoms with Gasteiger partial charge in [-0.1, -0.05) is 18.2 Å². The minimum Gasteiger partial charge on any atom is -0.451 e. The molecule has 10 nitrogen and oxygen atoms in total. The number of rotatable bonds is 5. The van der Waals surface area contributed by atoms with Crippen LogP contribution in [0.2, 0.25) is 0 Å². The predicted octanol–water partition coefficient (Wildman–Crippen LogP) is 4.17. The molecule has 5 rings (SSSR count). The van der Waals surface area contributed by atoms with Crippen molar-refractivity contribution in [2.75, 3.05) is 33.7 Å². The number of halogens is 2. The van der Waals surface area contributed by atoms with Gasteiger partial charge in [0.15, 0.2) is 23.1 Å². The number of nitrogens with zero attached hydrogens (tertiary/aromatic N) is 2. The number of aliphatic imine (C=N–C) groups is 1. The molecular formula is C27H23F2N3O7S. The Labute approximate surface area is 230 Å². The van der Waals surface area contributed by atoms with E-state index in [1.807, 2.05) is 24.3 Å². The lowest BCUT2D eigenvalue weighted by atomic mass is 9.98. The molecule has 1 N–H and O–H groups in total. The second kappa shape index (κ2) is 11.9. The van der Waals surface area contributed by atoms with Crippen molar-refractivity contribution in [3.05, 3.63) is 86.8 Å². The van der Waals surface area contributed by atoms with Crippen LogP contribution >= 0.6 is 11.8 Å². The number of thioether (sulfide) groups is 1. The molecule has 0 spiro atoms. The molecule has 1 fully saturated rings. The van der Waals surface area contributed by atoms with Crippen LogP contribution in [0.25, 0.3) is 0 Å². The van der Waals surface area contributed by atoms with Gasteiger partial charge in [-0.25, -0.2) is 18.6 Å². The van der Waals surface area contributed by atoms with Crippen LogP contribution in [-0.4, -0.2) is 61.4 Å². The molecule has 0 radical (unpaired) electrons. The molecule has 3 aromatic rings. The first-order valence-corrected chi connectivity index (χ1v) is 13.1. The number of hydrogen-bond acceptors (Lipinski definition) is 9. The summed E-state index contributed by atoms with van der Waals surface area (Å²) in [6.07, 6.45) is 0.556. The number of aromatic nitrogens is 1. The van der Waals surface area contributed by atoms with Gasteiger partial charge in [-0.3, -0.25) is 14.5 Å². The summed E-state index contributed by atoms with van der Waals surface area (Å²) in [6.45, 7) is -0.533. The van der Waals surface area contributed by atoms with Crippen LogP contribution in [0.15, 0.2) is 57.3 Å². The molecule has 0 atom stereocenters. The van der Waals surface area contributed by atoms with Crippen LogP contribution in [-0.2, 0) is 26.4 Å². The lowest BCUT2D eigenvalue weighted by molar-refractivity contribution is 0.0140. The number of nitrogens with one attached hydrogen (secondary N) is 1. The summed E-state index contributed by atoms with van der Waals surface area (Å²) in [5, 5.41) is 0. The minimum absolute atomic E-state index is 0.0667. The van der Waals surface area contributed by atoms with Crippen LogP contribution in [0.5, 0.6) is 5.75 Å². The summed E-state index contributed by atoms with van der Waals surface area (Å²) in [4.78, 5) is 46.9. The third-order valence-electron chi connectivity index (χ3n) is 6.29. The zero-order chi connectivity index (χ0) is 28.2. The smallest absolute Gasteiger partial charge is 0.451 e. The molecule has 1 aromatic heterocycles. The number of methoxy groups -OCH3 is 1. The maximum absolute atomic E-state index is 14.9. The molecule has 2 aliphatic rings. The normalized spacial score (nSPS) is 15.6. The van der Waals surface area contributed by atoms with E-state index in [1.54, 1.807) is 0 Å². The summed E-state index contributed by atoms with van der Waals surface area (Å²) in [5.74, 6) is -2.68. The fraction of sp³-hybridized carbons (Fsp3) is 0.259. The zero-order valence-corrected chi connectivity index (χ0v) is 22.0. The summed E-state index contributed by atoms with van der Waals surface area (Å²) in [7, 11) is 1.11. The molecule has 208 valence electrons. The highest BCUT2D eigenvalue weighted by molar-refractivity contribution is 7.98. The van der Waals surface area contributed by atoms with E-state index in [1.165, 1.54) is 22.9 Å². The van der Waals surface area contributed by atoms with E-state index in [0.717, 1.165) is 29.7 Å².